The van der Waals surface area contributed by atoms with Gasteiger partial charge < -0.3 is 9.47 Å². The number of ether oxygens (including phenoxy) is 2. The first kappa shape index (κ1) is 18.3. The van der Waals surface area contributed by atoms with Gasteiger partial charge in [0.2, 0.25) is 0 Å². The van der Waals surface area contributed by atoms with Crippen LogP contribution >= 0.6 is 0 Å². The van der Waals surface area contributed by atoms with Crippen LogP contribution in [0.5, 0.6) is 0 Å². The highest BCUT2D eigenvalue weighted by atomic mass is 19.4. The molecule has 0 aromatic carbocycles. The van der Waals surface area contributed by atoms with Crippen LogP contribution in [0.3, 0.4) is 0 Å². The van der Waals surface area contributed by atoms with Crippen molar-refractivity contribution in [2.45, 2.75) is 18.8 Å². The summed E-state index contributed by atoms with van der Waals surface area (Å²) < 4.78 is 78.4. The number of hydrogen-bond acceptors (Lipinski definition) is 4. The van der Waals surface area contributed by atoms with E-state index in [2.05, 4.69) is 16.1 Å². The average molecular weight is 308 g/mol. The summed E-state index contributed by atoms with van der Waals surface area (Å²) in [7, 11) is 0. The van der Waals surface area contributed by atoms with E-state index in [4.69, 9.17) is 0 Å². The van der Waals surface area contributed by atoms with Gasteiger partial charge in [0.1, 0.15) is 0 Å². The van der Waals surface area contributed by atoms with E-state index in [0.29, 0.717) is 0 Å². The van der Waals surface area contributed by atoms with Gasteiger partial charge in [-0.2, -0.15) is 26.3 Å². The molecule has 0 aliphatic rings. The fraction of sp³-hybridized carbons (Fsp3) is 0.600. The Morgan fingerprint density at radius 3 is 1.55 bits per heavy atom. The highest BCUT2D eigenvalue weighted by molar-refractivity contribution is 5.95. The van der Waals surface area contributed by atoms with E-state index in [-0.39, 0.29) is 0 Å². The second-order valence-corrected chi connectivity index (χ2v) is 3.52. The lowest BCUT2D eigenvalue weighted by Crippen LogP contribution is -2.32. The van der Waals surface area contributed by atoms with Gasteiger partial charge in [0.15, 0.2) is 19.1 Å². The zero-order valence-corrected chi connectivity index (χ0v) is 9.88. The van der Waals surface area contributed by atoms with Crippen LogP contribution in [0.1, 0.15) is 6.42 Å². The number of hydrogen-bond donors (Lipinski definition) is 0. The molecule has 0 aromatic heterocycles. The lowest BCUT2D eigenvalue weighted by atomic mass is 10.1. The molecule has 0 N–H and O–H groups in total. The van der Waals surface area contributed by atoms with E-state index < -0.39 is 49.8 Å². The van der Waals surface area contributed by atoms with Gasteiger partial charge >= 0.3 is 24.3 Å². The monoisotopic (exact) mass is 308 g/mol. The molecule has 0 aromatic rings. The molecule has 0 heterocycles. The molecule has 0 aliphatic carbocycles. The molecule has 0 radical (unpaired) electrons. The number of halogens is 6. The van der Waals surface area contributed by atoms with Crippen LogP contribution in [0, 0.1) is 5.92 Å². The Balaban J connectivity index is 4.58. The first-order valence-corrected chi connectivity index (χ1v) is 5.04. The number of esters is 2. The maximum absolute atomic E-state index is 11.8. The van der Waals surface area contributed by atoms with Gasteiger partial charge in [0.05, 0.1) is 0 Å². The van der Waals surface area contributed by atoms with Gasteiger partial charge in [0, 0.05) is 0 Å². The second-order valence-electron chi connectivity index (χ2n) is 3.52. The quantitative estimate of drug-likeness (QED) is 0.327. The van der Waals surface area contributed by atoms with Gasteiger partial charge in [-0.1, -0.05) is 6.08 Å². The maximum atomic E-state index is 11.8. The van der Waals surface area contributed by atoms with Gasteiger partial charge in [-0.3, -0.25) is 9.59 Å². The Morgan fingerprint density at radius 1 is 0.950 bits per heavy atom. The van der Waals surface area contributed by atoms with Gasteiger partial charge in [0.25, 0.3) is 0 Å². The zero-order chi connectivity index (χ0) is 16.0. The molecular formula is C10H10F6O4. The lowest BCUT2D eigenvalue weighted by Gasteiger charge is -2.15. The largest absolute Gasteiger partial charge is 0.455 e. The van der Waals surface area contributed by atoms with Crippen LogP contribution < -0.4 is 0 Å². The molecule has 116 valence electrons. The molecular weight excluding hydrogens is 298 g/mol. The predicted molar refractivity (Wildman–Crippen MR) is 52.3 cm³/mol. The van der Waals surface area contributed by atoms with Crippen molar-refractivity contribution >= 4 is 11.9 Å². The normalized spacial score (nSPS) is 12.2. The fourth-order valence-electron chi connectivity index (χ4n) is 0.962. The summed E-state index contributed by atoms with van der Waals surface area (Å²) in [5, 5.41) is 0. The third-order valence-corrected chi connectivity index (χ3v) is 1.73. The minimum atomic E-state index is -4.82. The van der Waals surface area contributed by atoms with E-state index in [0.717, 1.165) is 6.08 Å². The van der Waals surface area contributed by atoms with E-state index in [1.165, 1.54) is 0 Å². The standard InChI is InChI=1S/C10H10F6O4/c1-2-3-6(7(17)19-4-9(11,12)13)8(18)20-5-10(14,15)16/h2,6H,1,3-5H2. The van der Waals surface area contributed by atoms with Gasteiger partial charge in [-0.25, -0.2) is 0 Å². The summed E-state index contributed by atoms with van der Waals surface area (Å²) >= 11 is 0. The lowest BCUT2D eigenvalue weighted by molar-refractivity contribution is -0.199. The van der Waals surface area contributed by atoms with Crippen molar-refractivity contribution < 1.29 is 45.4 Å². The Labute approximate surface area is 109 Å². The molecule has 0 saturated carbocycles. The van der Waals surface area contributed by atoms with E-state index in [1.54, 1.807) is 0 Å². The third-order valence-electron chi connectivity index (χ3n) is 1.73. The fourth-order valence-corrected chi connectivity index (χ4v) is 0.962. The molecule has 0 fully saturated rings. The molecule has 4 nitrogen and oxygen atoms in total. The molecule has 0 amide bonds. The Bertz CT molecular complexity index is 330. The van der Waals surface area contributed by atoms with Gasteiger partial charge in [-0.15, -0.1) is 6.58 Å². The number of rotatable bonds is 6. The van der Waals surface area contributed by atoms with Crippen LogP contribution in [-0.4, -0.2) is 37.5 Å². The summed E-state index contributed by atoms with van der Waals surface area (Å²) in [6.45, 7) is -0.782. The van der Waals surface area contributed by atoms with Crippen molar-refractivity contribution in [3.8, 4) is 0 Å². The second kappa shape index (κ2) is 7.15. The highest BCUT2D eigenvalue weighted by Gasteiger charge is 2.36. The minimum absolute atomic E-state index is 0.507. The molecule has 10 heteroatoms. The average Bonchev–Trinajstić information content (AvgIpc) is 2.28. The molecule has 0 spiro atoms. The smallest absolute Gasteiger partial charge is 0.422 e. The van der Waals surface area contributed by atoms with Crippen LogP contribution in [0.4, 0.5) is 26.3 Å². The van der Waals surface area contributed by atoms with Crippen LogP contribution in [0.15, 0.2) is 12.7 Å². The molecule has 0 rings (SSSR count). The summed E-state index contributed by atoms with van der Waals surface area (Å²) in [4.78, 5) is 22.4. The van der Waals surface area contributed by atoms with Crippen molar-refractivity contribution in [2.24, 2.45) is 5.92 Å². The first-order valence-electron chi connectivity index (χ1n) is 5.04. The van der Waals surface area contributed by atoms with Crippen molar-refractivity contribution in [1.82, 2.24) is 0 Å². The molecule has 0 aliphatic heterocycles. The number of carbonyl (C=O) groups is 2. The van der Waals surface area contributed by atoms with Crippen molar-refractivity contribution in [3.05, 3.63) is 12.7 Å². The Morgan fingerprint density at radius 2 is 1.30 bits per heavy atom. The van der Waals surface area contributed by atoms with Crippen LogP contribution in [-0.2, 0) is 19.1 Å². The third kappa shape index (κ3) is 8.38. The number of carbonyl (C=O) groups excluding carboxylic acids is 2. The maximum Gasteiger partial charge on any atom is 0.422 e. The summed E-state index contributed by atoms with van der Waals surface area (Å²) in [5.41, 5.74) is 0. The summed E-state index contributed by atoms with van der Waals surface area (Å²) in [5.74, 6) is -5.18. The van der Waals surface area contributed by atoms with Crippen molar-refractivity contribution in [2.75, 3.05) is 13.2 Å². The topological polar surface area (TPSA) is 52.6 Å². The highest BCUT2D eigenvalue weighted by Crippen LogP contribution is 2.19. The zero-order valence-electron chi connectivity index (χ0n) is 9.88. The SMILES string of the molecule is C=CCC(C(=O)OCC(F)(F)F)C(=O)OCC(F)(F)F. The molecule has 0 bridgehead atoms. The summed E-state index contributed by atoms with van der Waals surface area (Å²) in [6, 6.07) is 0. The van der Waals surface area contributed by atoms with Crippen LogP contribution in [0.2, 0.25) is 0 Å². The van der Waals surface area contributed by atoms with Gasteiger partial charge in [-0.05, 0) is 6.42 Å². The molecule has 0 atom stereocenters. The number of allylic oxidation sites excluding steroid dienone is 1. The Kier molecular flexibility index (Phi) is 6.53. The number of alkyl halides is 6. The van der Waals surface area contributed by atoms with Crippen LogP contribution in [0.25, 0.3) is 0 Å². The van der Waals surface area contributed by atoms with E-state index in [1.807, 2.05) is 0 Å². The first-order chi connectivity index (χ1) is 8.96. The predicted octanol–water partition coefficient (Wildman–Crippen LogP) is 2.39. The van der Waals surface area contributed by atoms with Crippen molar-refractivity contribution in [3.63, 3.8) is 0 Å². The Hall–Kier alpha value is -1.74. The minimum Gasteiger partial charge on any atom is -0.455 e. The van der Waals surface area contributed by atoms with E-state index >= 15 is 0 Å². The van der Waals surface area contributed by atoms with E-state index in [9.17, 15) is 35.9 Å². The molecule has 0 unspecified atom stereocenters. The summed E-state index contributed by atoms with van der Waals surface area (Å²) in [6.07, 6.45) is -9.17. The molecule has 20 heavy (non-hydrogen) atoms. The van der Waals surface area contributed by atoms with Crippen molar-refractivity contribution in [1.29, 1.82) is 0 Å². The molecule has 0 saturated heterocycles.